The maximum atomic E-state index is 6.32. The molecule has 1 aliphatic rings. The van der Waals surface area contributed by atoms with Crippen LogP contribution in [-0.2, 0) is 7.05 Å². The van der Waals surface area contributed by atoms with E-state index < -0.39 is 0 Å². The maximum Gasteiger partial charge on any atom is 0.0605 e. The molecule has 0 saturated heterocycles. The highest BCUT2D eigenvalue weighted by molar-refractivity contribution is 5.73. The van der Waals surface area contributed by atoms with E-state index in [2.05, 4.69) is 46.2 Å². The van der Waals surface area contributed by atoms with E-state index in [0.29, 0.717) is 0 Å². The highest BCUT2D eigenvalue weighted by atomic mass is 15.3. The van der Waals surface area contributed by atoms with E-state index in [1.165, 1.54) is 11.4 Å². The third-order valence-electron chi connectivity index (χ3n) is 3.91. The van der Waals surface area contributed by atoms with Crippen LogP contribution < -0.4 is 15.5 Å². The second-order valence-electron chi connectivity index (χ2n) is 5.41. The summed E-state index contributed by atoms with van der Waals surface area (Å²) in [7, 11) is 4.05. The second-order valence-corrected chi connectivity index (χ2v) is 5.41. The Morgan fingerprint density at radius 2 is 1.95 bits per heavy atom. The van der Waals surface area contributed by atoms with Crippen molar-refractivity contribution in [2.24, 2.45) is 12.8 Å². The largest absolute Gasteiger partial charge is 0.371 e. The number of aryl methyl sites for hydroxylation is 1. The number of fused-ring (bicyclic) bond motifs is 1. The molecule has 0 aliphatic carbocycles. The summed E-state index contributed by atoms with van der Waals surface area (Å²) >= 11 is 0. The van der Waals surface area contributed by atoms with Crippen molar-refractivity contribution in [1.29, 1.82) is 0 Å². The van der Waals surface area contributed by atoms with E-state index in [9.17, 15) is 0 Å². The average Bonchev–Trinajstić information content (AvgIpc) is 2.89. The van der Waals surface area contributed by atoms with Crippen LogP contribution in [0.5, 0.6) is 0 Å². The molecule has 106 valence electrons. The first-order valence-corrected chi connectivity index (χ1v) is 6.94. The zero-order valence-electron chi connectivity index (χ0n) is 12.0. The van der Waals surface area contributed by atoms with Crippen LogP contribution in [0.25, 0.3) is 0 Å². The first kappa shape index (κ1) is 13.0. The first-order chi connectivity index (χ1) is 9.65. The van der Waals surface area contributed by atoms with Crippen LogP contribution in [-0.4, -0.2) is 36.5 Å². The molecule has 5 nitrogen and oxygen atoms in total. The quantitative estimate of drug-likeness (QED) is 0.916. The van der Waals surface area contributed by atoms with Crippen LogP contribution in [0, 0.1) is 0 Å². The molecule has 0 bridgehead atoms. The summed E-state index contributed by atoms with van der Waals surface area (Å²) in [6, 6.07) is 8.48. The highest BCUT2D eigenvalue weighted by Gasteiger charge is 2.22. The van der Waals surface area contributed by atoms with Gasteiger partial charge in [0.2, 0.25) is 0 Å². The molecule has 1 aromatic heterocycles. The van der Waals surface area contributed by atoms with E-state index in [1.54, 1.807) is 4.68 Å². The average molecular weight is 271 g/mol. The molecule has 2 aromatic rings. The summed E-state index contributed by atoms with van der Waals surface area (Å²) in [6.07, 6.45) is 3.85. The normalized spacial score (nSPS) is 16.1. The fraction of sp³-hybridized carbons (Fsp3) is 0.400. The van der Waals surface area contributed by atoms with Crippen LogP contribution in [0.4, 0.5) is 11.4 Å². The molecule has 3 rings (SSSR count). The molecule has 5 heteroatoms. The minimum atomic E-state index is -0.0137. The fourth-order valence-corrected chi connectivity index (χ4v) is 2.73. The molecule has 2 N–H and O–H groups in total. The van der Waals surface area contributed by atoms with Crippen molar-refractivity contribution < 1.29 is 0 Å². The van der Waals surface area contributed by atoms with Gasteiger partial charge in [-0.15, -0.1) is 0 Å². The Labute approximate surface area is 119 Å². The Balaban J connectivity index is 1.80. The maximum absolute atomic E-state index is 6.32. The van der Waals surface area contributed by atoms with Gasteiger partial charge in [-0.05, 0) is 12.1 Å². The molecule has 0 saturated carbocycles. The van der Waals surface area contributed by atoms with Gasteiger partial charge in [0, 0.05) is 45.5 Å². The minimum absolute atomic E-state index is 0.0137. The van der Waals surface area contributed by atoms with Crippen molar-refractivity contribution >= 4 is 11.4 Å². The van der Waals surface area contributed by atoms with Crippen LogP contribution in [0.3, 0.4) is 0 Å². The van der Waals surface area contributed by atoms with Crippen LogP contribution in [0.15, 0.2) is 36.7 Å². The third-order valence-corrected chi connectivity index (χ3v) is 3.91. The van der Waals surface area contributed by atoms with E-state index in [1.807, 2.05) is 19.4 Å². The molecule has 0 amide bonds. The van der Waals surface area contributed by atoms with Crippen LogP contribution >= 0.6 is 0 Å². The van der Waals surface area contributed by atoms with E-state index in [4.69, 9.17) is 5.73 Å². The van der Waals surface area contributed by atoms with Crippen molar-refractivity contribution in [3.8, 4) is 0 Å². The molecular weight excluding hydrogens is 250 g/mol. The van der Waals surface area contributed by atoms with Gasteiger partial charge in [0.05, 0.1) is 23.6 Å². The minimum Gasteiger partial charge on any atom is -0.371 e. The molecule has 0 radical (unpaired) electrons. The lowest BCUT2D eigenvalue weighted by Crippen LogP contribution is -2.42. The highest BCUT2D eigenvalue weighted by Crippen LogP contribution is 2.32. The molecule has 1 aromatic carbocycles. The van der Waals surface area contributed by atoms with Crippen molar-refractivity contribution in [2.45, 2.75) is 6.04 Å². The SMILES string of the molecule is CN1CCN(CC(N)c2cnn(C)c2)c2ccccc21. The van der Waals surface area contributed by atoms with E-state index in [0.717, 1.165) is 25.2 Å². The number of likely N-dealkylation sites (N-methyl/N-ethyl adjacent to an activating group) is 1. The van der Waals surface area contributed by atoms with Gasteiger partial charge in [0.15, 0.2) is 0 Å². The smallest absolute Gasteiger partial charge is 0.0605 e. The van der Waals surface area contributed by atoms with Crippen LogP contribution in [0.2, 0.25) is 0 Å². The molecule has 1 atom stereocenters. The Morgan fingerprint density at radius 3 is 2.65 bits per heavy atom. The van der Waals surface area contributed by atoms with Gasteiger partial charge in [0.25, 0.3) is 0 Å². The monoisotopic (exact) mass is 271 g/mol. The zero-order valence-corrected chi connectivity index (χ0v) is 12.0. The van der Waals surface area contributed by atoms with Gasteiger partial charge >= 0.3 is 0 Å². The van der Waals surface area contributed by atoms with Crippen molar-refractivity contribution in [2.75, 3.05) is 36.5 Å². The van der Waals surface area contributed by atoms with Gasteiger partial charge in [-0.2, -0.15) is 5.10 Å². The number of nitrogens with two attached hydrogens (primary N) is 1. The molecule has 1 aliphatic heterocycles. The lowest BCUT2D eigenvalue weighted by Gasteiger charge is -2.38. The lowest BCUT2D eigenvalue weighted by molar-refractivity contribution is 0.646. The standard InChI is InChI=1S/C15H21N5/c1-18-7-8-20(15-6-4-3-5-14(15)18)11-13(16)12-9-17-19(2)10-12/h3-6,9-10,13H,7-8,11,16H2,1-2H3. The van der Waals surface area contributed by atoms with Crippen molar-refractivity contribution in [3.05, 3.63) is 42.2 Å². The number of anilines is 2. The molecule has 20 heavy (non-hydrogen) atoms. The number of benzene rings is 1. The molecule has 1 unspecified atom stereocenters. The van der Waals surface area contributed by atoms with Crippen molar-refractivity contribution in [1.82, 2.24) is 9.78 Å². The van der Waals surface area contributed by atoms with Gasteiger partial charge in [-0.25, -0.2) is 0 Å². The van der Waals surface area contributed by atoms with Crippen LogP contribution in [0.1, 0.15) is 11.6 Å². The Morgan fingerprint density at radius 1 is 1.20 bits per heavy atom. The number of rotatable bonds is 3. The van der Waals surface area contributed by atoms with E-state index in [-0.39, 0.29) is 6.04 Å². The summed E-state index contributed by atoms with van der Waals surface area (Å²) in [6.45, 7) is 2.84. The number of hydrogen-bond donors (Lipinski definition) is 1. The summed E-state index contributed by atoms with van der Waals surface area (Å²) in [5, 5.41) is 4.20. The Kier molecular flexibility index (Phi) is 3.36. The predicted octanol–water partition coefficient (Wildman–Crippen LogP) is 1.38. The molecule has 2 heterocycles. The molecular formula is C15H21N5. The zero-order chi connectivity index (χ0) is 14.1. The lowest BCUT2D eigenvalue weighted by atomic mass is 10.1. The topological polar surface area (TPSA) is 50.3 Å². The number of para-hydroxylation sites is 2. The van der Waals surface area contributed by atoms with Gasteiger partial charge in [-0.3, -0.25) is 4.68 Å². The second kappa shape index (κ2) is 5.17. The number of nitrogens with zero attached hydrogens (tertiary/aromatic N) is 4. The summed E-state index contributed by atoms with van der Waals surface area (Å²) < 4.78 is 1.80. The summed E-state index contributed by atoms with van der Waals surface area (Å²) in [4.78, 5) is 4.66. The first-order valence-electron chi connectivity index (χ1n) is 6.94. The Bertz CT molecular complexity index is 591. The molecule has 0 spiro atoms. The number of aromatic nitrogens is 2. The van der Waals surface area contributed by atoms with Crippen molar-refractivity contribution in [3.63, 3.8) is 0 Å². The predicted molar refractivity (Wildman–Crippen MR) is 82.1 cm³/mol. The summed E-state index contributed by atoms with van der Waals surface area (Å²) in [5.74, 6) is 0. The summed E-state index contributed by atoms with van der Waals surface area (Å²) in [5.41, 5.74) is 9.95. The van der Waals surface area contributed by atoms with Gasteiger partial charge in [0.1, 0.15) is 0 Å². The number of hydrogen-bond acceptors (Lipinski definition) is 4. The van der Waals surface area contributed by atoms with Gasteiger partial charge < -0.3 is 15.5 Å². The Hall–Kier alpha value is -2.01. The third kappa shape index (κ3) is 2.36. The van der Waals surface area contributed by atoms with E-state index >= 15 is 0 Å². The van der Waals surface area contributed by atoms with Gasteiger partial charge in [-0.1, -0.05) is 12.1 Å². The molecule has 0 fully saturated rings. The fourth-order valence-electron chi connectivity index (χ4n) is 2.73.